The van der Waals surface area contributed by atoms with Gasteiger partial charge in [0.25, 0.3) is 0 Å². The number of hydrogen-bond acceptors (Lipinski definition) is 2. The highest BCUT2D eigenvalue weighted by atomic mass is 127. The smallest absolute Gasteiger partial charge is 0.221 e. The number of amides is 1. The van der Waals surface area contributed by atoms with Crippen molar-refractivity contribution in [1.82, 2.24) is 16.0 Å². The molecule has 0 saturated heterocycles. The first-order valence-corrected chi connectivity index (χ1v) is 6.35. The van der Waals surface area contributed by atoms with Gasteiger partial charge in [-0.3, -0.25) is 9.79 Å². The monoisotopic (exact) mass is 368 g/mol. The molecule has 0 bridgehead atoms. The molecule has 1 rings (SSSR count). The number of guanidine groups is 1. The van der Waals surface area contributed by atoms with Gasteiger partial charge < -0.3 is 16.0 Å². The first kappa shape index (κ1) is 17.5. The number of halogens is 1. The largest absolute Gasteiger partial charge is 0.356 e. The van der Waals surface area contributed by atoms with Crippen molar-refractivity contribution >= 4 is 35.8 Å². The molecular formula is C12H25IN4O. The number of nitrogens with one attached hydrogen (secondary N) is 3. The average Bonchev–Trinajstić information content (AvgIpc) is 3.05. The van der Waals surface area contributed by atoms with Gasteiger partial charge in [-0.2, -0.15) is 0 Å². The van der Waals surface area contributed by atoms with Gasteiger partial charge in [-0.1, -0.05) is 0 Å². The van der Waals surface area contributed by atoms with Crippen LogP contribution in [0.4, 0.5) is 0 Å². The van der Waals surface area contributed by atoms with Crippen LogP contribution in [0.2, 0.25) is 0 Å². The van der Waals surface area contributed by atoms with Crippen LogP contribution in [0.15, 0.2) is 4.99 Å². The van der Waals surface area contributed by atoms with Gasteiger partial charge in [0.05, 0.1) is 0 Å². The highest BCUT2D eigenvalue weighted by Gasteiger charge is 2.20. The van der Waals surface area contributed by atoms with E-state index in [1.54, 1.807) is 7.05 Å². The molecule has 18 heavy (non-hydrogen) atoms. The summed E-state index contributed by atoms with van der Waals surface area (Å²) in [5, 5.41) is 9.24. The van der Waals surface area contributed by atoms with Crippen molar-refractivity contribution in [3.63, 3.8) is 0 Å². The van der Waals surface area contributed by atoms with E-state index in [0.717, 1.165) is 18.4 Å². The zero-order chi connectivity index (χ0) is 12.7. The molecule has 0 unspecified atom stereocenters. The van der Waals surface area contributed by atoms with E-state index < -0.39 is 0 Å². The van der Waals surface area contributed by atoms with E-state index in [0.29, 0.717) is 13.0 Å². The first-order valence-electron chi connectivity index (χ1n) is 6.35. The maximum atomic E-state index is 11.4. The van der Waals surface area contributed by atoms with E-state index in [2.05, 4.69) is 20.9 Å². The van der Waals surface area contributed by atoms with Crippen molar-refractivity contribution in [3.05, 3.63) is 0 Å². The minimum Gasteiger partial charge on any atom is -0.356 e. The van der Waals surface area contributed by atoms with Gasteiger partial charge in [-0.05, 0) is 32.6 Å². The summed E-state index contributed by atoms with van der Waals surface area (Å²) in [7, 11) is 1.75. The van der Waals surface area contributed by atoms with Gasteiger partial charge in [0.1, 0.15) is 0 Å². The van der Waals surface area contributed by atoms with Gasteiger partial charge in [-0.15, -0.1) is 24.0 Å². The Morgan fingerprint density at radius 1 is 1.33 bits per heavy atom. The number of nitrogens with zero attached hydrogens (tertiary/aromatic N) is 1. The third-order valence-electron chi connectivity index (χ3n) is 2.57. The highest BCUT2D eigenvalue weighted by Crippen LogP contribution is 2.27. The molecule has 1 aliphatic carbocycles. The van der Waals surface area contributed by atoms with Crippen molar-refractivity contribution in [3.8, 4) is 0 Å². The molecule has 1 fully saturated rings. The zero-order valence-corrected chi connectivity index (χ0v) is 13.8. The fraction of sp³-hybridized carbons (Fsp3) is 0.833. The van der Waals surface area contributed by atoms with Crippen LogP contribution in [-0.2, 0) is 4.79 Å². The quantitative estimate of drug-likeness (QED) is 0.374. The summed E-state index contributed by atoms with van der Waals surface area (Å²) in [6, 6.07) is 0.204. The van der Waals surface area contributed by atoms with E-state index in [-0.39, 0.29) is 35.9 Å². The van der Waals surface area contributed by atoms with Gasteiger partial charge in [0.2, 0.25) is 5.91 Å². The Kier molecular flexibility index (Phi) is 9.13. The summed E-state index contributed by atoms with van der Waals surface area (Å²) in [5.74, 6) is 1.68. The number of rotatable bonds is 6. The molecule has 0 radical (unpaired) electrons. The van der Waals surface area contributed by atoms with Crippen molar-refractivity contribution in [1.29, 1.82) is 0 Å². The molecule has 1 saturated carbocycles. The SMILES string of the molecule is CN=C(NCCC(=O)NC(C)C)NCC1CC1.I. The minimum atomic E-state index is 0. The van der Waals surface area contributed by atoms with E-state index >= 15 is 0 Å². The number of carbonyl (C=O) groups is 1. The third-order valence-corrected chi connectivity index (χ3v) is 2.57. The summed E-state index contributed by atoms with van der Waals surface area (Å²) >= 11 is 0. The maximum Gasteiger partial charge on any atom is 0.221 e. The molecule has 6 heteroatoms. The Morgan fingerprint density at radius 3 is 2.50 bits per heavy atom. The highest BCUT2D eigenvalue weighted by molar-refractivity contribution is 14.0. The van der Waals surface area contributed by atoms with E-state index in [9.17, 15) is 4.79 Å². The molecule has 0 aromatic carbocycles. The van der Waals surface area contributed by atoms with Gasteiger partial charge in [0.15, 0.2) is 5.96 Å². The minimum absolute atomic E-state index is 0. The predicted octanol–water partition coefficient (Wildman–Crippen LogP) is 1.09. The Hall–Kier alpha value is -0.530. The molecule has 1 amide bonds. The lowest BCUT2D eigenvalue weighted by atomic mass is 10.3. The standard InChI is InChI=1S/C12H24N4O.HI/c1-9(2)16-11(17)6-7-14-12(13-3)15-8-10-4-5-10;/h9-10H,4-8H2,1-3H3,(H,16,17)(H2,13,14,15);1H. The van der Waals surface area contributed by atoms with Crippen LogP contribution >= 0.6 is 24.0 Å². The normalized spacial score (nSPS) is 15.0. The second-order valence-corrected chi connectivity index (χ2v) is 4.80. The molecule has 0 heterocycles. The third kappa shape index (κ3) is 8.54. The molecule has 3 N–H and O–H groups in total. The molecule has 0 atom stereocenters. The number of hydrogen-bond donors (Lipinski definition) is 3. The molecule has 0 spiro atoms. The van der Waals surface area contributed by atoms with E-state index in [1.807, 2.05) is 13.8 Å². The van der Waals surface area contributed by atoms with Crippen molar-refractivity contribution < 1.29 is 4.79 Å². The lowest BCUT2D eigenvalue weighted by molar-refractivity contribution is -0.121. The number of aliphatic imine (C=N–C) groups is 1. The summed E-state index contributed by atoms with van der Waals surface area (Å²) in [6.45, 7) is 5.52. The summed E-state index contributed by atoms with van der Waals surface area (Å²) < 4.78 is 0. The molecule has 0 aromatic heterocycles. The molecule has 0 aromatic rings. The van der Waals surface area contributed by atoms with Gasteiger partial charge in [0, 0.05) is 32.6 Å². The zero-order valence-electron chi connectivity index (χ0n) is 11.5. The fourth-order valence-electron chi connectivity index (χ4n) is 1.47. The second kappa shape index (κ2) is 9.41. The van der Waals surface area contributed by atoms with Crippen molar-refractivity contribution in [2.45, 2.75) is 39.2 Å². The van der Waals surface area contributed by atoms with E-state index in [1.165, 1.54) is 12.8 Å². The van der Waals surface area contributed by atoms with Crippen molar-refractivity contribution in [2.24, 2.45) is 10.9 Å². The predicted molar refractivity (Wildman–Crippen MR) is 85.4 cm³/mol. The van der Waals surface area contributed by atoms with E-state index in [4.69, 9.17) is 0 Å². The first-order chi connectivity index (χ1) is 8.11. The summed E-state index contributed by atoms with van der Waals surface area (Å²) in [5.41, 5.74) is 0. The summed E-state index contributed by atoms with van der Waals surface area (Å²) in [6.07, 6.45) is 3.11. The van der Waals surface area contributed by atoms with Crippen LogP contribution in [-0.4, -0.2) is 38.0 Å². The lowest BCUT2D eigenvalue weighted by Gasteiger charge is -2.12. The van der Waals surface area contributed by atoms with Crippen LogP contribution < -0.4 is 16.0 Å². The average molecular weight is 368 g/mol. The Morgan fingerprint density at radius 2 is 2.00 bits per heavy atom. The van der Waals surface area contributed by atoms with Crippen molar-refractivity contribution in [2.75, 3.05) is 20.1 Å². The number of carbonyl (C=O) groups excluding carboxylic acids is 1. The van der Waals surface area contributed by atoms with Crippen LogP contribution in [0, 0.1) is 5.92 Å². The van der Waals surface area contributed by atoms with Crippen LogP contribution in [0.25, 0.3) is 0 Å². The van der Waals surface area contributed by atoms with Crippen LogP contribution in [0.1, 0.15) is 33.1 Å². The summed E-state index contributed by atoms with van der Waals surface area (Å²) in [4.78, 5) is 15.5. The maximum absolute atomic E-state index is 11.4. The van der Waals surface area contributed by atoms with Gasteiger partial charge in [-0.25, -0.2) is 0 Å². The topological polar surface area (TPSA) is 65.5 Å². The Labute approximate surface area is 127 Å². The van der Waals surface area contributed by atoms with Gasteiger partial charge >= 0.3 is 0 Å². The Balaban J connectivity index is 0.00000289. The molecular weight excluding hydrogens is 343 g/mol. The van der Waals surface area contributed by atoms with Crippen LogP contribution in [0.5, 0.6) is 0 Å². The molecule has 0 aliphatic heterocycles. The molecule has 5 nitrogen and oxygen atoms in total. The second-order valence-electron chi connectivity index (χ2n) is 4.80. The lowest BCUT2D eigenvalue weighted by Crippen LogP contribution is -2.40. The fourth-order valence-corrected chi connectivity index (χ4v) is 1.47. The molecule has 106 valence electrons. The molecule has 1 aliphatic rings. The van der Waals surface area contributed by atoms with Crippen LogP contribution in [0.3, 0.4) is 0 Å². The Bertz CT molecular complexity index is 277.